The number of hydrogen-bond acceptors (Lipinski definition) is 5. The Bertz CT molecular complexity index is 685. The molecule has 1 heterocycles. The number of carbonyl (C=O) groups is 2. The van der Waals surface area contributed by atoms with E-state index in [1.54, 1.807) is 18.2 Å². The van der Waals surface area contributed by atoms with Gasteiger partial charge in [-0.3, -0.25) is 9.59 Å². The van der Waals surface area contributed by atoms with Gasteiger partial charge in [0.1, 0.15) is 5.75 Å². The molecule has 0 spiro atoms. The van der Waals surface area contributed by atoms with E-state index in [9.17, 15) is 9.59 Å². The number of nitrogens with two attached hydrogens (primary N) is 3. The van der Waals surface area contributed by atoms with Gasteiger partial charge in [0, 0.05) is 11.6 Å². The van der Waals surface area contributed by atoms with Crippen molar-refractivity contribution in [1.29, 1.82) is 0 Å². The molecule has 7 nitrogen and oxygen atoms in total. The minimum atomic E-state index is -0.680. The highest BCUT2D eigenvalue weighted by molar-refractivity contribution is 5.98. The quantitative estimate of drug-likeness (QED) is 0.751. The number of carbonyl (C=O) groups excluding carboxylic acids is 2. The van der Waals surface area contributed by atoms with Crippen LogP contribution in [-0.4, -0.2) is 16.8 Å². The Morgan fingerprint density at radius 2 is 1.85 bits per heavy atom. The van der Waals surface area contributed by atoms with Gasteiger partial charge in [-0.1, -0.05) is 6.07 Å². The van der Waals surface area contributed by atoms with Crippen molar-refractivity contribution in [3.05, 3.63) is 47.7 Å². The first kappa shape index (κ1) is 13.3. The molecule has 0 aliphatic rings. The molecule has 2 aromatic rings. The summed E-state index contributed by atoms with van der Waals surface area (Å²) in [6.07, 6.45) is 1.27. The number of primary amides is 2. The number of hydrogen-bond donors (Lipinski definition) is 3. The second-order valence-electron chi connectivity index (χ2n) is 3.97. The van der Waals surface area contributed by atoms with E-state index in [4.69, 9.17) is 21.9 Å². The molecule has 102 valence electrons. The Balaban J connectivity index is 2.30. The minimum Gasteiger partial charge on any atom is -0.439 e. The molecule has 2 rings (SSSR count). The highest BCUT2D eigenvalue weighted by Crippen LogP contribution is 2.23. The standard InChI is InChI=1S/C13H12N4O3/c14-10-6-17-11(5-9(10)13(16)19)20-8-3-1-2-7(4-8)12(15)18/h1-6H,14H2,(H2,15,18)(H2,16,19). The summed E-state index contributed by atoms with van der Waals surface area (Å²) in [5, 5.41) is 0. The van der Waals surface area contributed by atoms with Gasteiger partial charge in [-0.05, 0) is 18.2 Å². The lowest BCUT2D eigenvalue weighted by atomic mass is 10.2. The molecule has 0 aliphatic heterocycles. The molecule has 0 atom stereocenters. The summed E-state index contributed by atoms with van der Waals surface area (Å²) < 4.78 is 5.43. The molecular formula is C13H12N4O3. The fraction of sp³-hybridized carbons (Fsp3) is 0. The van der Waals surface area contributed by atoms with Gasteiger partial charge in [0.05, 0.1) is 17.4 Å². The van der Waals surface area contributed by atoms with Crippen LogP contribution in [0.3, 0.4) is 0 Å². The predicted octanol–water partition coefficient (Wildman–Crippen LogP) is 0.654. The Morgan fingerprint density at radius 1 is 1.10 bits per heavy atom. The van der Waals surface area contributed by atoms with Crippen LogP contribution in [0.5, 0.6) is 11.6 Å². The monoisotopic (exact) mass is 272 g/mol. The van der Waals surface area contributed by atoms with Gasteiger partial charge >= 0.3 is 0 Å². The second-order valence-corrected chi connectivity index (χ2v) is 3.97. The molecule has 0 unspecified atom stereocenters. The van der Waals surface area contributed by atoms with E-state index in [0.717, 1.165) is 0 Å². The fourth-order valence-electron chi connectivity index (χ4n) is 1.55. The van der Waals surface area contributed by atoms with Crippen LogP contribution in [0.2, 0.25) is 0 Å². The second kappa shape index (κ2) is 5.27. The van der Waals surface area contributed by atoms with Crippen molar-refractivity contribution < 1.29 is 14.3 Å². The van der Waals surface area contributed by atoms with E-state index in [1.165, 1.54) is 18.3 Å². The van der Waals surface area contributed by atoms with E-state index < -0.39 is 11.8 Å². The first-order valence-corrected chi connectivity index (χ1v) is 5.60. The number of anilines is 1. The first-order chi connectivity index (χ1) is 9.47. The lowest BCUT2D eigenvalue weighted by Gasteiger charge is -2.07. The van der Waals surface area contributed by atoms with E-state index >= 15 is 0 Å². The third kappa shape index (κ3) is 2.83. The van der Waals surface area contributed by atoms with Gasteiger partial charge in [-0.2, -0.15) is 0 Å². The molecule has 0 aliphatic carbocycles. The van der Waals surface area contributed by atoms with Gasteiger partial charge in [0.2, 0.25) is 11.8 Å². The van der Waals surface area contributed by atoms with Crippen LogP contribution in [0.25, 0.3) is 0 Å². The zero-order valence-corrected chi connectivity index (χ0v) is 10.4. The summed E-state index contributed by atoms with van der Waals surface area (Å²) in [6, 6.07) is 7.58. The smallest absolute Gasteiger partial charge is 0.251 e. The third-order valence-electron chi connectivity index (χ3n) is 2.52. The number of benzene rings is 1. The average molecular weight is 272 g/mol. The van der Waals surface area contributed by atoms with Gasteiger partial charge in [0.15, 0.2) is 0 Å². The molecule has 6 N–H and O–H groups in total. The van der Waals surface area contributed by atoms with Crippen LogP contribution >= 0.6 is 0 Å². The lowest BCUT2D eigenvalue weighted by Crippen LogP contribution is -2.14. The predicted molar refractivity (Wildman–Crippen MR) is 72.2 cm³/mol. The van der Waals surface area contributed by atoms with Crippen molar-refractivity contribution >= 4 is 17.5 Å². The van der Waals surface area contributed by atoms with Crippen LogP contribution in [0, 0.1) is 0 Å². The zero-order valence-electron chi connectivity index (χ0n) is 10.4. The highest BCUT2D eigenvalue weighted by atomic mass is 16.5. The molecule has 0 saturated heterocycles. The maximum atomic E-state index is 11.2. The number of nitrogens with zero attached hydrogens (tertiary/aromatic N) is 1. The fourth-order valence-corrected chi connectivity index (χ4v) is 1.55. The number of rotatable bonds is 4. The SMILES string of the molecule is NC(=O)c1cccc(Oc2cc(C(N)=O)c(N)cn2)c1. The largest absolute Gasteiger partial charge is 0.439 e. The molecule has 0 radical (unpaired) electrons. The summed E-state index contributed by atoms with van der Waals surface area (Å²) in [6.45, 7) is 0. The maximum absolute atomic E-state index is 11.2. The molecule has 0 saturated carbocycles. The Morgan fingerprint density at radius 3 is 2.50 bits per heavy atom. The van der Waals surface area contributed by atoms with Crippen LogP contribution < -0.4 is 21.9 Å². The van der Waals surface area contributed by atoms with E-state index in [1.807, 2.05) is 0 Å². The summed E-state index contributed by atoms with van der Waals surface area (Å²) in [4.78, 5) is 26.2. The van der Waals surface area contributed by atoms with Gasteiger partial charge in [-0.25, -0.2) is 4.98 Å². The van der Waals surface area contributed by atoms with Crippen LogP contribution in [0.1, 0.15) is 20.7 Å². The van der Waals surface area contributed by atoms with Crippen molar-refractivity contribution in [2.45, 2.75) is 0 Å². The van der Waals surface area contributed by atoms with Crippen LogP contribution in [0.4, 0.5) is 5.69 Å². The third-order valence-corrected chi connectivity index (χ3v) is 2.52. The topological polar surface area (TPSA) is 134 Å². The Hall–Kier alpha value is -3.09. The maximum Gasteiger partial charge on any atom is 0.251 e. The summed E-state index contributed by atoms with van der Waals surface area (Å²) in [5.74, 6) is -0.761. The minimum absolute atomic E-state index is 0.112. The van der Waals surface area contributed by atoms with Gasteiger partial charge < -0.3 is 21.9 Å². The summed E-state index contributed by atoms with van der Waals surface area (Å²) in [7, 11) is 0. The average Bonchev–Trinajstić information content (AvgIpc) is 2.41. The molecule has 1 aromatic heterocycles. The van der Waals surface area contributed by atoms with Crippen molar-refractivity contribution in [1.82, 2.24) is 4.98 Å². The number of amides is 2. The molecule has 7 heteroatoms. The normalized spacial score (nSPS) is 10.0. The van der Waals surface area contributed by atoms with Crippen LogP contribution in [-0.2, 0) is 0 Å². The first-order valence-electron chi connectivity index (χ1n) is 5.60. The molecule has 1 aromatic carbocycles. The van der Waals surface area contributed by atoms with Gasteiger partial charge in [-0.15, -0.1) is 0 Å². The number of pyridine rings is 1. The van der Waals surface area contributed by atoms with E-state index in [0.29, 0.717) is 11.3 Å². The summed E-state index contributed by atoms with van der Waals surface area (Å²) in [5.41, 5.74) is 16.5. The zero-order chi connectivity index (χ0) is 14.7. The number of nitrogen functional groups attached to an aromatic ring is 1. The summed E-state index contributed by atoms with van der Waals surface area (Å²) >= 11 is 0. The van der Waals surface area contributed by atoms with E-state index in [2.05, 4.69) is 4.98 Å². The Kier molecular flexibility index (Phi) is 3.52. The van der Waals surface area contributed by atoms with Gasteiger partial charge in [0.25, 0.3) is 5.91 Å². The van der Waals surface area contributed by atoms with Crippen molar-refractivity contribution in [2.24, 2.45) is 11.5 Å². The van der Waals surface area contributed by atoms with Crippen molar-refractivity contribution in [2.75, 3.05) is 5.73 Å². The molecule has 2 amide bonds. The highest BCUT2D eigenvalue weighted by Gasteiger charge is 2.10. The van der Waals surface area contributed by atoms with Crippen molar-refractivity contribution in [3.63, 3.8) is 0 Å². The Labute approximate surface area is 114 Å². The molecular weight excluding hydrogens is 260 g/mol. The lowest BCUT2D eigenvalue weighted by molar-refractivity contribution is 0.0992. The van der Waals surface area contributed by atoms with Crippen molar-refractivity contribution in [3.8, 4) is 11.6 Å². The molecule has 0 fully saturated rings. The number of aromatic nitrogens is 1. The van der Waals surface area contributed by atoms with Crippen LogP contribution in [0.15, 0.2) is 36.5 Å². The van der Waals surface area contributed by atoms with E-state index in [-0.39, 0.29) is 17.1 Å². The number of ether oxygens (including phenoxy) is 1. The molecule has 20 heavy (non-hydrogen) atoms. The molecule has 0 bridgehead atoms.